The molecule has 1 amide bonds. The Bertz CT molecular complexity index is 955. The fourth-order valence-corrected chi connectivity index (χ4v) is 2.80. The van der Waals surface area contributed by atoms with Crippen molar-refractivity contribution in [2.75, 3.05) is 5.32 Å². The van der Waals surface area contributed by atoms with Gasteiger partial charge in [0.05, 0.1) is 6.42 Å². The molecular weight excluding hydrogens is 350 g/mol. The molecule has 0 saturated carbocycles. The van der Waals surface area contributed by atoms with Crippen LogP contribution in [0.1, 0.15) is 12.5 Å². The van der Waals surface area contributed by atoms with E-state index in [1.54, 1.807) is 31.2 Å². The average Bonchev–Trinajstić information content (AvgIpc) is 2.63. The highest BCUT2D eigenvalue weighted by molar-refractivity contribution is 6.31. The normalized spacial score (nSPS) is 11.8. The lowest BCUT2D eigenvalue weighted by atomic mass is 10.1. The van der Waals surface area contributed by atoms with Gasteiger partial charge >= 0.3 is 5.97 Å². The predicted octanol–water partition coefficient (Wildman–Crippen LogP) is 4.61. The summed E-state index contributed by atoms with van der Waals surface area (Å²) in [4.78, 5) is 24.3. The van der Waals surface area contributed by atoms with Gasteiger partial charge in [-0.25, -0.2) is 0 Å². The number of hydrogen-bond acceptors (Lipinski definition) is 3. The molecule has 0 saturated heterocycles. The first-order chi connectivity index (χ1) is 12.5. The number of fused-ring (bicyclic) bond motifs is 1. The van der Waals surface area contributed by atoms with Crippen LogP contribution in [0.25, 0.3) is 10.8 Å². The zero-order valence-corrected chi connectivity index (χ0v) is 15.0. The highest BCUT2D eigenvalue weighted by Crippen LogP contribution is 2.19. The molecule has 4 nitrogen and oxygen atoms in total. The lowest BCUT2D eigenvalue weighted by Crippen LogP contribution is -2.30. The van der Waals surface area contributed by atoms with Crippen LogP contribution in [0.15, 0.2) is 66.7 Å². The second-order valence-corrected chi connectivity index (χ2v) is 6.36. The molecule has 0 aliphatic carbocycles. The molecule has 0 aliphatic rings. The molecule has 3 rings (SSSR count). The number of anilines is 1. The predicted molar refractivity (Wildman–Crippen MR) is 103 cm³/mol. The van der Waals surface area contributed by atoms with Crippen LogP contribution in [0.5, 0.6) is 0 Å². The summed E-state index contributed by atoms with van der Waals surface area (Å²) < 4.78 is 5.22. The Morgan fingerprint density at radius 3 is 2.46 bits per heavy atom. The minimum atomic E-state index is -0.906. The van der Waals surface area contributed by atoms with E-state index in [4.69, 9.17) is 16.3 Å². The monoisotopic (exact) mass is 367 g/mol. The molecule has 0 aliphatic heterocycles. The van der Waals surface area contributed by atoms with Gasteiger partial charge in [-0.15, -0.1) is 0 Å². The molecule has 132 valence electrons. The number of benzene rings is 3. The van der Waals surface area contributed by atoms with Gasteiger partial charge < -0.3 is 10.1 Å². The molecule has 3 aromatic rings. The Kier molecular flexibility index (Phi) is 5.54. The summed E-state index contributed by atoms with van der Waals surface area (Å²) in [5, 5.41) is 5.38. The third-order valence-corrected chi connectivity index (χ3v) is 4.36. The molecule has 0 aromatic heterocycles. The minimum absolute atomic E-state index is 0.0211. The number of carbonyl (C=O) groups is 2. The molecule has 0 fully saturated rings. The van der Waals surface area contributed by atoms with Gasteiger partial charge in [0.1, 0.15) is 0 Å². The smallest absolute Gasteiger partial charge is 0.311 e. The van der Waals surface area contributed by atoms with Gasteiger partial charge in [-0.3, -0.25) is 9.59 Å². The Labute approximate surface area is 156 Å². The molecule has 26 heavy (non-hydrogen) atoms. The van der Waals surface area contributed by atoms with E-state index in [0.29, 0.717) is 16.3 Å². The summed E-state index contributed by atoms with van der Waals surface area (Å²) in [5.41, 5.74) is 1.32. The van der Waals surface area contributed by atoms with Gasteiger partial charge in [-0.05, 0) is 41.5 Å². The standard InChI is InChI=1S/C21H18ClNO3/c1-14(26-20(24)13-17-8-4-5-9-19(17)22)21(25)23-18-11-10-15-6-2-3-7-16(15)12-18/h2-12,14H,13H2,1H3,(H,23,25)/t14-/m0/s1. The molecule has 3 aromatic carbocycles. The van der Waals surface area contributed by atoms with E-state index in [2.05, 4.69) is 5.32 Å². The van der Waals surface area contributed by atoms with Crippen LogP contribution in [0, 0.1) is 0 Å². The summed E-state index contributed by atoms with van der Waals surface area (Å²) in [5.74, 6) is -0.882. The summed E-state index contributed by atoms with van der Waals surface area (Å²) in [6, 6.07) is 20.5. The fraction of sp³-hybridized carbons (Fsp3) is 0.143. The summed E-state index contributed by atoms with van der Waals surface area (Å²) >= 11 is 6.04. The largest absolute Gasteiger partial charge is 0.452 e. The quantitative estimate of drug-likeness (QED) is 0.670. The van der Waals surface area contributed by atoms with Gasteiger partial charge in [0.25, 0.3) is 5.91 Å². The van der Waals surface area contributed by atoms with Crippen LogP contribution in [0.3, 0.4) is 0 Å². The molecule has 0 heterocycles. The highest BCUT2D eigenvalue weighted by Gasteiger charge is 2.19. The second kappa shape index (κ2) is 8.02. The van der Waals surface area contributed by atoms with Gasteiger partial charge in [-0.2, -0.15) is 0 Å². The molecule has 0 spiro atoms. The Balaban J connectivity index is 1.60. The molecule has 1 atom stereocenters. The first kappa shape index (κ1) is 18.0. The number of ether oxygens (including phenoxy) is 1. The Morgan fingerprint density at radius 2 is 1.69 bits per heavy atom. The number of nitrogens with one attached hydrogen (secondary N) is 1. The topological polar surface area (TPSA) is 55.4 Å². The van der Waals surface area contributed by atoms with Crippen molar-refractivity contribution in [3.8, 4) is 0 Å². The maximum Gasteiger partial charge on any atom is 0.311 e. The van der Waals surface area contributed by atoms with E-state index in [0.717, 1.165) is 10.8 Å². The summed E-state index contributed by atoms with van der Waals surface area (Å²) in [7, 11) is 0. The van der Waals surface area contributed by atoms with Crippen LogP contribution < -0.4 is 5.32 Å². The maximum atomic E-state index is 12.3. The summed E-state index contributed by atoms with van der Waals surface area (Å²) in [6.07, 6.45) is -0.885. The van der Waals surface area contributed by atoms with E-state index in [9.17, 15) is 9.59 Å². The number of esters is 1. The third kappa shape index (κ3) is 4.41. The van der Waals surface area contributed by atoms with Gasteiger partial charge in [0.2, 0.25) is 0 Å². The van der Waals surface area contributed by atoms with Crippen molar-refractivity contribution in [2.24, 2.45) is 0 Å². The number of hydrogen-bond donors (Lipinski definition) is 1. The second-order valence-electron chi connectivity index (χ2n) is 5.95. The number of rotatable bonds is 5. The van der Waals surface area contributed by atoms with E-state index in [1.807, 2.05) is 42.5 Å². The lowest BCUT2D eigenvalue weighted by Gasteiger charge is -2.14. The van der Waals surface area contributed by atoms with Gasteiger partial charge in [0, 0.05) is 10.7 Å². The third-order valence-electron chi connectivity index (χ3n) is 3.99. The Hall–Kier alpha value is -2.85. The van der Waals surface area contributed by atoms with Crippen molar-refractivity contribution in [2.45, 2.75) is 19.4 Å². The van der Waals surface area contributed by atoms with Crippen molar-refractivity contribution in [1.82, 2.24) is 0 Å². The molecular formula is C21H18ClNO3. The van der Waals surface area contributed by atoms with Crippen LogP contribution in [0.2, 0.25) is 5.02 Å². The van der Waals surface area contributed by atoms with E-state index in [-0.39, 0.29) is 12.3 Å². The van der Waals surface area contributed by atoms with Crippen molar-refractivity contribution in [3.05, 3.63) is 77.3 Å². The summed E-state index contributed by atoms with van der Waals surface area (Å²) in [6.45, 7) is 1.54. The van der Waals surface area contributed by atoms with Gasteiger partial charge in [-0.1, -0.05) is 60.1 Å². The molecule has 0 radical (unpaired) electrons. The molecule has 1 N–H and O–H groups in total. The van der Waals surface area contributed by atoms with Crippen molar-refractivity contribution >= 4 is 39.9 Å². The zero-order chi connectivity index (χ0) is 18.5. The van der Waals surface area contributed by atoms with E-state index in [1.165, 1.54) is 0 Å². The van der Waals surface area contributed by atoms with Crippen molar-refractivity contribution < 1.29 is 14.3 Å². The molecule has 5 heteroatoms. The van der Waals surface area contributed by atoms with Crippen LogP contribution in [-0.4, -0.2) is 18.0 Å². The first-order valence-corrected chi connectivity index (χ1v) is 8.63. The van der Waals surface area contributed by atoms with Crippen molar-refractivity contribution in [1.29, 1.82) is 0 Å². The van der Waals surface area contributed by atoms with Crippen LogP contribution in [0.4, 0.5) is 5.69 Å². The van der Waals surface area contributed by atoms with Crippen molar-refractivity contribution in [3.63, 3.8) is 0 Å². The number of carbonyl (C=O) groups excluding carboxylic acids is 2. The number of amides is 1. The van der Waals surface area contributed by atoms with E-state index >= 15 is 0 Å². The number of halogens is 1. The lowest BCUT2D eigenvalue weighted by molar-refractivity contribution is -0.152. The maximum absolute atomic E-state index is 12.3. The van der Waals surface area contributed by atoms with Crippen LogP contribution in [-0.2, 0) is 20.7 Å². The van der Waals surface area contributed by atoms with Crippen LogP contribution >= 0.6 is 11.6 Å². The Morgan fingerprint density at radius 1 is 1.00 bits per heavy atom. The van der Waals surface area contributed by atoms with Gasteiger partial charge in [0.15, 0.2) is 6.10 Å². The van der Waals surface area contributed by atoms with E-state index < -0.39 is 12.1 Å². The highest BCUT2D eigenvalue weighted by atomic mass is 35.5. The first-order valence-electron chi connectivity index (χ1n) is 8.25. The average molecular weight is 368 g/mol. The fourth-order valence-electron chi connectivity index (χ4n) is 2.60. The molecule has 0 unspecified atom stereocenters. The molecule has 0 bridgehead atoms. The zero-order valence-electron chi connectivity index (χ0n) is 14.2. The minimum Gasteiger partial charge on any atom is -0.452 e. The SMILES string of the molecule is C[C@H](OC(=O)Cc1ccccc1Cl)C(=O)Nc1ccc2ccccc2c1.